The number of halogens is 1. The maximum Gasteiger partial charge on any atom is 2.00 e. The zero-order valence-electron chi connectivity index (χ0n) is 18.8. The molecule has 1 aliphatic rings. The molecule has 0 aliphatic heterocycles. The zero-order chi connectivity index (χ0) is 20.9. The molecule has 0 aromatic heterocycles. The van der Waals surface area contributed by atoms with E-state index in [0.717, 1.165) is 0 Å². The van der Waals surface area contributed by atoms with Crippen LogP contribution in [-0.4, -0.2) is 0 Å². The van der Waals surface area contributed by atoms with E-state index < -0.39 is 7.92 Å². The normalized spacial score (nSPS) is 14.1. The Hall–Kier alpha value is -1.46. The molecule has 0 amide bonds. The average molecular weight is 536 g/mol. The van der Waals surface area contributed by atoms with Crippen molar-refractivity contribution in [1.29, 1.82) is 0 Å². The summed E-state index contributed by atoms with van der Waals surface area (Å²) < 4.78 is 0. The molecule has 0 N–H and O–H groups in total. The van der Waals surface area contributed by atoms with Gasteiger partial charge in [-0.15, -0.1) is 6.92 Å². The van der Waals surface area contributed by atoms with Crippen LogP contribution in [0.25, 0.3) is 0 Å². The average Bonchev–Trinajstić information content (AvgIpc) is 2.92. The zero-order valence-corrected chi connectivity index (χ0v) is 22.3. The molecule has 164 valence electrons. The number of hydrogen-bond donors (Lipinski definition) is 0. The Morgan fingerprint density at radius 3 is 1.13 bits per heavy atom. The fraction of sp³-hybridized carbons (Fsp3) is 0.214. The fourth-order valence-electron chi connectivity index (χ4n) is 3.58. The summed E-state index contributed by atoms with van der Waals surface area (Å²) in [6, 6.07) is 32.3. The van der Waals surface area contributed by atoms with Crippen LogP contribution in [-0.2, 0) is 16.5 Å². The molecule has 3 aromatic carbocycles. The topological polar surface area (TPSA) is 0 Å². The summed E-state index contributed by atoms with van der Waals surface area (Å²) in [7, 11) is -0.446. The molecule has 4 rings (SSSR count). The van der Waals surface area contributed by atoms with E-state index in [1.807, 2.05) is 0 Å². The van der Waals surface area contributed by atoms with Gasteiger partial charge in [0.1, 0.15) is 0 Å². The first-order valence-corrected chi connectivity index (χ1v) is 11.5. The second-order valence-electron chi connectivity index (χ2n) is 7.97. The van der Waals surface area contributed by atoms with Crippen molar-refractivity contribution in [2.75, 3.05) is 0 Å². The molecule has 3 aromatic rings. The number of allylic oxidation sites excluding steroid dienone is 4. The Bertz CT molecular complexity index is 899. The van der Waals surface area contributed by atoms with Crippen molar-refractivity contribution in [2.45, 2.75) is 34.6 Å². The van der Waals surface area contributed by atoms with E-state index in [9.17, 15) is 0 Å². The predicted molar refractivity (Wildman–Crippen MR) is 130 cm³/mol. The van der Waals surface area contributed by atoms with Crippen molar-refractivity contribution in [3.63, 3.8) is 0 Å². The quantitative estimate of drug-likeness (QED) is 0.273. The van der Waals surface area contributed by atoms with Gasteiger partial charge in [-0.1, -0.05) is 124 Å². The molecule has 0 fully saturated rings. The van der Waals surface area contributed by atoms with Gasteiger partial charge in [0.2, 0.25) is 0 Å². The van der Waals surface area contributed by atoms with Gasteiger partial charge in [0, 0.05) is 0 Å². The van der Waals surface area contributed by atoms with Gasteiger partial charge in [0.25, 0.3) is 0 Å². The maximum atomic E-state index is 3.44. The second-order valence-corrected chi connectivity index (χ2v) is 10.2. The van der Waals surface area contributed by atoms with E-state index >= 15 is 0 Å². The van der Waals surface area contributed by atoms with Crippen molar-refractivity contribution in [3.05, 3.63) is 114 Å². The summed E-state index contributed by atoms with van der Waals surface area (Å²) in [6.07, 6.45) is 3.44. The summed E-state index contributed by atoms with van der Waals surface area (Å²) in [5.74, 6) is 0. The van der Waals surface area contributed by atoms with E-state index in [2.05, 4.69) is 132 Å². The summed E-state index contributed by atoms with van der Waals surface area (Å²) in [5, 5.41) is 4.19. The van der Waals surface area contributed by atoms with Crippen molar-refractivity contribution in [3.8, 4) is 0 Å². The van der Waals surface area contributed by atoms with Gasteiger partial charge in [-0.3, -0.25) is 6.08 Å². The summed E-state index contributed by atoms with van der Waals surface area (Å²) in [5.41, 5.74) is 4.39. The van der Waals surface area contributed by atoms with Crippen molar-refractivity contribution < 1.29 is 33.5 Å². The van der Waals surface area contributed by atoms with Crippen LogP contribution in [0.2, 0.25) is 0 Å². The van der Waals surface area contributed by atoms with Gasteiger partial charge in [-0.2, -0.15) is 11.1 Å². The molecular weight excluding hydrogens is 506 g/mol. The third-order valence-electron chi connectivity index (χ3n) is 5.61. The first kappa shape index (κ1) is 27.6. The smallest absolute Gasteiger partial charge is 1.00 e. The minimum Gasteiger partial charge on any atom is -1.00 e. The van der Waals surface area contributed by atoms with Gasteiger partial charge in [-0.25, -0.2) is 5.57 Å². The number of hydrogen-bond acceptors (Lipinski definition) is 0. The molecule has 0 saturated heterocycles. The molecule has 3 heteroatoms. The summed E-state index contributed by atoms with van der Waals surface area (Å²) in [6.45, 7) is 10.9. The maximum absolute atomic E-state index is 3.44. The molecule has 0 spiro atoms. The largest absolute Gasteiger partial charge is 2.00 e. The van der Waals surface area contributed by atoms with Crippen LogP contribution in [0, 0.1) is 11.5 Å². The van der Waals surface area contributed by atoms with E-state index in [1.54, 1.807) is 0 Å². The van der Waals surface area contributed by atoms with Crippen LogP contribution < -0.4 is 32.9 Å². The molecule has 0 radical (unpaired) electrons. The van der Waals surface area contributed by atoms with Gasteiger partial charge < -0.3 is 17.0 Å². The van der Waals surface area contributed by atoms with Crippen LogP contribution in [0.5, 0.6) is 0 Å². The van der Waals surface area contributed by atoms with E-state index in [4.69, 9.17) is 0 Å². The van der Waals surface area contributed by atoms with Crippen molar-refractivity contribution >= 4 is 23.8 Å². The molecule has 0 nitrogen and oxygen atoms in total. The second kappa shape index (κ2) is 12.5. The third-order valence-corrected chi connectivity index (χ3v) is 8.05. The Morgan fingerprint density at radius 2 is 0.935 bits per heavy atom. The molecule has 0 bridgehead atoms. The number of rotatable bonds is 3. The molecular formula is C28H30BrNiP. The van der Waals surface area contributed by atoms with E-state index in [1.165, 1.54) is 32.6 Å². The molecule has 1 aliphatic carbocycles. The van der Waals surface area contributed by atoms with E-state index in [0.29, 0.717) is 0 Å². The van der Waals surface area contributed by atoms with E-state index in [-0.39, 0.29) is 38.9 Å². The van der Waals surface area contributed by atoms with Crippen molar-refractivity contribution in [1.82, 2.24) is 0 Å². The minimum absolute atomic E-state index is 0. The Labute approximate surface area is 210 Å². The molecule has 0 unspecified atom stereocenters. The fourth-order valence-corrected chi connectivity index (χ4v) is 5.89. The molecule has 0 atom stereocenters. The minimum atomic E-state index is -0.446. The SMILES string of the molecule is CC1=[C-]C(C)(C)C(C)=C1C.[Br-].[Ni+2].c1ccc(P(c2ccccc2)c2ccccc2)cc1. The van der Waals surface area contributed by atoms with Gasteiger partial charge in [0.05, 0.1) is 0 Å². The Balaban J connectivity index is 0.000000345. The van der Waals surface area contributed by atoms with Crippen LogP contribution in [0.4, 0.5) is 0 Å². The Morgan fingerprint density at radius 1 is 0.613 bits per heavy atom. The van der Waals surface area contributed by atoms with Crippen molar-refractivity contribution in [2.24, 2.45) is 5.41 Å². The summed E-state index contributed by atoms with van der Waals surface area (Å²) >= 11 is 0. The standard InChI is InChI=1S/C18H15P.C10H15.BrH.Ni/c1-4-10-16(11-5-1)19(17-12-6-2-7-13-17)18-14-8-3-9-15-18;1-7-6-10(4,5)9(3)8(7)2;;/h1-15H;1-5H3;1H;/q;-1;;+2/p-1. The van der Waals surface area contributed by atoms with Gasteiger partial charge >= 0.3 is 16.5 Å². The first-order valence-electron chi connectivity index (χ1n) is 10.2. The first-order chi connectivity index (χ1) is 13.9. The molecule has 0 saturated carbocycles. The van der Waals surface area contributed by atoms with Crippen LogP contribution in [0.15, 0.2) is 108 Å². The Kier molecular flexibility index (Phi) is 11.2. The third kappa shape index (κ3) is 7.01. The summed E-state index contributed by atoms with van der Waals surface area (Å²) in [4.78, 5) is 0. The van der Waals surface area contributed by atoms with Crippen LogP contribution in [0.1, 0.15) is 34.6 Å². The molecule has 0 heterocycles. The monoisotopic (exact) mass is 534 g/mol. The van der Waals surface area contributed by atoms with Crippen LogP contribution in [0.3, 0.4) is 0 Å². The molecule has 31 heavy (non-hydrogen) atoms. The predicted octanol–water partition coefficient (Wildman–Crippen LogP) is 3.56. The van der Waals surface area contributed by atoms with Gasteiger partial charge in [0.15, 0.2) is 0 Å². The van der Waals surface area contributed by atoms with Crippen LogP contribution >= 0.6 is 7.92 Å². The number of benzene rings is 3. The van der Waals surface area contributed by atoms with Gasteiger partial charge in [-0.05, 0) is 23.8 Å².